The average molecular weight is 346 g/mol. The zero-order chi connectivity index (χ0) is 18.0. The van der Waals surface area contributed by atoms with Crippen molar-refractivity contribution in [3.8, 4) is 0 Å². The number of carbonyl (C=O) groups is 1. The maximum absolute atomic E-state index is 12.6. The van der Waals surface area contributed by atoms with Crippen molar-refractivity contribution in [2.45, 2.75) is 32.4 Å². The van der Waals surface area contributed by atoms with E-state index < -0.39 is 11.7 Å². The standard InChI is InChI=1S/C19H17F3N2O/c1-2-14-5-8-18-23-9-10-24(18)17(14)12-16(25)11-13-3-6-15(7-4-13)19(20,21)22/h3-10H,2,11-12H2,1H3. The molecule has 2 heterocycles. The third kappa shape index (κ3) is 3.73. The van der Waals surface area contributed by atoms with E-state index in [1.54, 1.807) is 6.20 Å². The van der Waals surface area contributed by atoms with Gasteiger partial charge in [-0.05, 0) is 35.7 Å². The van der Waals surface area contributed by atoms with Crippen molar-refractivity contribution in [3.63, 3.8) is 0 Å². The van der Waals surface area contributed by atoms with Crippen molar-refractivity contribution in [1.29, 1.82) is 0 Å². The quantitative estimate of drug-likeness (QED) is 0.691. The van der Waals surface area contributed by atoms with Crippen LogP contribution in [0.5, 0.6) is 0 Å². The highest BCUT2D eigenvalue weighted by Gasteiger charge is 2.30. The highest BCUT2D eigenvalue weighted by molar-refractivity contribution is 5.83. The van der Waals surface area contributed by atoms with Crippen molar-refractivity contribution in [1.82, 2.24) is 9.38 Å². The first-order valence-corrected chi connectivity index (χ1v) is 8.00. The molecule has 0 saturated carbocycles. The number of ketones is 1. The van der Waals surface area contributed by atoms with Crippen LogP contribution in [0.3, 0.4) is 0 Å². The zero-order valence-corrected chi connectivity index (χ0v) is 13.7. The van der Waals surface area contributed by atoms with E-state index in [0.29, 0.717) is 5.56 Å². The number of fused-ring (bicyclic) bond motifs is 1. The number of halogens is 3. The topological polar surface area (TPSA) is 34.4 Å². The Morgan fingerprint density at radius 3 is 2.44 bits per heavy atom. The number of Topliss-reactive ketones (excluding diaryl/α,β-unsaturated/α-hetero) is 1. The molecule has 1 aromatic carbocycles. The molecule has 3 aromatic rings. The van der Waals surface area contributed by atoms with Crippen LogP contribution in [-0.4, -0.2) is 15.2 Å². The summed E-state index contributed by atoms with van der Waals surface area (Å²) in [5.41, 5.74) is 2.59. The summed E-state index contributed by atoms with van der Waals surface area (Å²) < 4.78 is 39.7. The Balaban J connectivity index is 1.78. The van der Waals surface area contributed by atoms with Gasteiger partial charge in [0.25, 0.3) is 0 Å². The third-order valence-electron chi connectivity index (χ3n) is 4.19. The lowest BCUT2D eigenvalue weighted by molar-refractivity contribution is -0.137. The molecule has 0 fully saturated rings. The Labute approximate surface area is 143 Å². The van der Waals surface area contributed by atoms with Crippen molar-refractivity contribution in [3.05, 3.63) is 71.2 Å². The van der Waals surface area contributed by atoms with Crippen molar-refractivity contribution < 1.29 is 18.0 Å². The number of aryl methyl sites for hydroxylation is 1. The van der Waals surface area contributed by atoms with Crippen LogP contribution in [0.4, 0.5) is 13.2 Å². The highest BCUT2D eigenvalue weighted by atomic mass is 19.4. The second-order valence-corrected chi connectivity index (χ2v) is 5.90. The lowest BCUT2D eigenvalue weighted by atomic mass is 10.0. The van der Waals surface area contributed by atoms with E-state index in [-0.39, 0.29) is 18.6 Å². The first-order chi connectivity index (χ1) is 11.9. The molecule has 25 heavy (non-hydrogen) atoms. The molecule has 130 valence electrons. The summed E-state index contributed by atoms with van der Waals surface area (Å²) in [6, 6.07) is 8.61. The second kappa shape index (κ2) is 6.70. The number of rotatable bonds is 5. The summed E-state index contributed by atoms with van der Waals surface area (Å²) in [4.78, 5) is 16.7. The number of alkyl halides is 3. The molecule has 3 rings (SSSR count). The van der Waals surface area contributed by atoms with E-state index in [9.17, 15) is 18.0 Å². The lowest BCUT2D eigenvalue weighted by Gasteiger charge is -2.11. The maximum Gasteiger partial charge on any atom is 0.416 e. The number of aromatic nitrogens is 2. The average Bonchev–Trinajstić information content (AvgIpc) is 3.04. The molecule has 0 N–H and O–H groups in total. The van der Waals surface area contributed by atoms with Gasteiger partial charge in [-0.15, -0.1) is 0 Å². The summed E-state index contributed by atoms with van der Waals surface area (Å²) in [6.45, 7) is 2.02. The normalized spacial score (nSPS) is 11.8. The van der Waals surface area contributed by atoms with Crippen LogP contribution >= 0.6 is 0 Å². The molecule has 0 bridgehead atoms. The molecule has 3 nitrogen and oxygen atoms in total. The van der Waals surface area contributed by atoms with Crippen LogP contribution in [0.1, 0.15) is 29.3 Å². The molecule has 0 aliphatic heterocycles. The summed E-state index contributed by atoms with van der Waals surface area (Å²) >= 11 is 0. The van der Waals surface area contributed by atoms with Crippen LogP contribution in [0, 0.1) is 0 Å². The number of imidazole rings is 1. The van der Waals surface area contributed by atoms with Crippen LogP contribution < -0.4 is 0 Å². The smallest absolute Gasteiger partial charge is 0.303 e. The van der Waals surface area contributed by atoms with Crippen LogP contribution in [0.2, 0.25) is 0 Å². The van der Waals surface area contributed by atoms with Crippen molar-refractivity contribution >= 4 is 11.4 Å². The Hall–Kier alpha value is -2.63. The molecule has 0 spiro atoms. The molecular formula is C19H17F3N2O. The summed E-state index contributed by atoms with van der Waals surface area (Å²) in [7, 11) is 0. The molecule has 0 amide bonds. The Morgan fingerprint density at radius 2 is 1.80 bits per heavy atom. The lowest BCUT2D eigenvalue weighted by Crippen LogP contribution is -2.12. The first-order valence-electron chi connectivity index (χ1n) is 8.00. The van der Waals surface area contributed by atoms with Crippen LogP contribution in [-0.2, 0) is 30.2 Å². The van der Waals surface area contributed by atoms with Gasteiger partial charge in [0.05, 0.1) is 5.56 Å². The molecule has 0 unspecified atom stereocenters. The van der Waals surface area contributed by atoms with E-state index in [4.69, 9.17) is 0 Å². The van der Waals surface area contributed by atoms with Gasteiger partial charge in [0, 0.05) is 30.9 Å². The molecule has 0 saturated heterocycles. The fourth-order valence-electron chi connectivity index (χ4n) is 2.90. The fraction of sp³-hybridized carbons (Fsp3) is 0.263. The predicted molar refractivity (Wildman–Crippen MR) is 88.4 cm³/mol. The van der Waals surface area contributed by atoms with Gasteiger partial charge in [-0.25, -0.2) is 4.98 Å². The zero-order valence-electron chi connectivity index (χ0n) is 13.7. The number of hydrogen-bond donors (Lipinski definition) is 0. The van der Waals surface area contributed by atoms with Gasteiger partial charge >= 0.3 is 6.18 Å². The van der Waals surface area contributed by atoms with Crippen LogP contribution in [0.25, 0.3) is 5.65 Å². The van der Waals surface area contributed by atoms with Gasteiger partial charge < -0.3 is 4.40 Å². The number of pyridine rings is 1. The molecule has 0 aliphatic carbocycles. The van der Waals surface area contributed by atoms with Crippen LogP contribution in [0.15, 0.2) is 48.8 Å². The summed E-state index contributed by atoms with van der Waals surface area (Å²) in [5, 5.41) is 0. The SMILES string of the molecule is CCc1ccc2nccn2c1CC(=O)Cc1ccc(C(F)(F)F)cc1. The number of nitrogens with zero attached hydrogens (tertiary/aromatic N) is 2. The fourth-order valence-corrected chi connectivity index (χ4v) is 2.90. The Morgan fingerprint density at radius 1 is 1.08 bits per heavy atom. The van der Waals surface area contributed by atoms with Gasteiger partial charge in [0.2, 0.25) is 0 Å². The van der Waals surface area contributed by atoms with Gasteiger partial charge in [0.1, 0.15) is 11.4 Å². The minimum absolute atomic E-state index is 0.0457. The van der Waals surface area contributed by atoms with Gasteiger partial charge in [-0.2, -0.15) is 13.2 Å². The summed E-state index contributed by atoms with van der Waals surface area (Å²) in [5.74, 6) is -0.0457. The van der Waals surface area contributed by atoms with E-state index >= 15 is 0 Å². The third-order valence-corrected chi connectivity index (χ3v) is 4.19. The second-order valence-electron chi connectivity index (χ2n) is 5.90. The Kier molecular flexibility index (Phi) is 4.61. The van der Waals surface area contributed by atoms with Crippen molar-refractivity contribution in [2.24, 2.45) is 0 Å². The molecule has 6 heteroatoms. The molecule has 2 aromatic heterocycles. The first kappa shape index (κ1) is 17.2. The van der Waals surface area contributed by atoms with Gasteiger partial charge in [-0.1, -0.05) is 25.1 Å². The molecule has 0 atom stereocenters. The number of benzene rings is 1. The minimum atomic E-state index is -4.37. The van der Waals surface area contributed by atoms with E-state index in [0.717, 1.165) is 35.5 Å². The van der Waals surface area contributed by atoms with E-state index in [1.165, 1.54) is 12.1 Å². The van der Waals surface area contributed by atoms with Gasteiger partial charge in [0.15, 0.2) is 0 Å². The van der Waals surface area contributed by atoms with E-state index in [2.05, 4.69) is 4.98 Å². The number of carbonyl (C=O) groups excluding carboxylic acids is 1. The minimum Gasteiger partial charge on any atom is -0.303 e. The molecule has 0 radical (unpaired) electrons. The maximum atomic E-state index is 12.6. The largest absolute Gasteiger partial charge is 0.416 e. The predicted octanol–water partition coefficient (Wildman–Crippen LogP) is 4.27. The van der Waals surface area contributed by atoms with Crippen molar-refractivity contribution in [2.75, 3.05) is 0 Å². The molecule has 0 aliphatic rings. The molecular weight excluding hydrogens is 329 g/mol. The monoisotopic (exact) mass is 346 g/mol. The Bertz CT molecular complexity index is 895. The summed E-state index contributed by atoms with van der Waals surface area (Å²) in [6.07, 6.45) is 0.241. The number of hydrogen-bond acceptors (Lipinski definition) is 2. The van der Waals surface area contributed by atoms with E-state index in [1.807, 2.05) is 29.7 Å². The highest BCUT2D eigenvalue weighted by Crippen LogP contribution is 2.29. The van der Waals surface area contributed by atoms with Gasteiger partial charge in [-0.3, -0.25) is 4.79 Å².